The van der Waals surface area contributed by atoms with Gasteiger partial charge < -0.3 is 0 Å². The van der Waals surface area contributed by atoms with Crippen LogP contribution in [-0.2, 0) is 0 Å². The van der Waals surface area contributed by atoms with Crippen molar-refractivity contribution in [2.75, 3.05) is 0 Å². The minimum Gasteiger partial charge on any atom is -0.292 e. The van der Waals surface area contributed by atoms with Crippen LogP contribution >= 0.6 is 0 Å². The molecule has 0 N–H and O–H groups in total. The molecular formula is C14H18F2N2. The molecule has 1 heterocycles. The van der Waals surface area contributed by atoms with Crippen LogP contribution in [0, 0.1) is 11.6 Å². The van der Waals surface area contributed by atoms with E-state index in [-0.39, 0.29) is 5.56 Å². The average Bonchev–Trinajstić information content (AvgIpc) is 2.31. The van der Waals surface area contributed by atoms with Crippen LogP contribution < -0.4 is 0 Å². The Hall–Kier alpha value is -1.45. The summed E-state index contributed by atoms with van der Waals surface area (Å²) in [7, 11) is 0. The quantitative estimate of drug-likeness (QED) is 0.735. The molecule has 1 saturated heterocycles. The summed E-state index contributed by atoms with van der Waals surface area (Å²) in [5.74, 6) is -1.15. The molecule has 98 valence electrons. The first-order valence-corrected chi connectivity index (χ1v) is 6.36. The maximum Gasteiger partial charge on any atom is 0.134 e. The van der Waals surface area contributed by atoms with Gasteiger partial charge in [0.15, 0.2) is 0 Å². The number of benzene rings is 1. The molecule has 2 rings (SSSR count). The highest BCUT2D eigenvalue weighted by Gasteiger charge is 2.22. The molecule has 1 fully saturated rings. The van der Waals surface area contributed by atoms with Gasteiger partial charge >= 0.3 is 0 Å². The van der Waals surface area contributed by atoms with E-state index in [1.54, 1.807) is 0 Å². The van der Waals surface area contributed by atoms with E-state index in [0.29, 0.717) is 12.1 Å². The summed E-state index contributed by atoms with van der Waals surface area (Å²) >= 11 is 0. The number of piperidine rings is 1. The predicted octanol–water partition coefficient (Wildman–Crippen LogP) is 3.56. The average molecular weight is 252 g/mol. The van der Waals surface area contributed by atoms with Crippen LogP contribution in [0.3, 0.4) is 0 Å². The van der Waals surface area contributed by atoms with Gasteiger partial charge in [0.2, 0.25) is 0 Å². The van der Waals surface area contributed by atoms with E-state index in [1.165, 1.54) is 30.8 Å². The second kappa shape index (κ2) is 5.46. The number of rotatable bonds is 2. The lowest BCUT2D eigenvalue weighted by Gasteiger charge is -2.36. The summed E-state index contributed by atoms with van der Waals surface area (Å²) in [4.78, 5) is 0. The minimum atomic E-state index is -0.573. The highest BCUT2D eigenvalue weighted by Crippen LogP contribution is 2.22. The summed E-state index contributed by atoms with van der Waals surface area (Å²) < 4.78 is 26.9. The Bertz CT molecular complexity index is 415. The molecule has 0 unspecified atom stereocenters. The number of hydrazone groups is 1. The standard InChI is InChI=1S/C14H18F2N2/c1-10-5-3-6-11(2)18(10)17-9-12-13(15)7-4-8-14(12)16/h4,7-11H,3,5-6H2,1-2H3/t10-,11+. The third-order valence-corrected chi connectivity index (χ3v) is 3.47. The Labute approximate surface area is 106 Å². The van der Waals surface area contributed by atoms with E-state index in [9.17, 15) is 8.78 Å². The highest BCUT2D eigenvalue weighted by molar-refractivity contribution is 5.80. The molecule has 0 aromatic heterocycles. The van der Waals surface area contributed by atoms with Gasteiger partial charge in [0.25, 0.3) is 0 Å². The maximum atomic E-state index is 13.4. The van der Waals surface area contributed by atoms with Crippen molar-refractivity contribution in [1.29, 1.82) is 0 Å². The lowest BCUT2D eigenvalue weighted by molar-refractivity contribution is 0.109. The van der Waals surface area contributed by atoms with E-state index in [2.05, 4.69) is 18.9 Å². The highest BCUT2D eigenvalue weighted by atomic mass is 19.1. The maximum absolute atomic E-state index is 13.4. The van der Waals surface area contributed by atoms with Gasteiger partial charge in [-0.1, -0.05) is 6.07 Å². The summed E-state index contributed by atoms with van der Waals surface area (Å²) in [6.45, 7) is 4.18. The second-order valence-electron chi connectivity index (χ2n) is 4.89. The van der Waals surface area contributed by atoms with Crippen LogP contribution in [0.2, 0.25) is 0 Å². The first-order chi connectivity index (χ1) is 8.59. The number of nitrogens with zero attached hydrogens (tertiary/aromatic N) is 2. The Kier molecular flexibility index (Phi) is 3.94. The molecule has 2 nitrogen and oxygen atoms in total. The summed E-state index contributed by atoms with van der Waals surface area (Å²) in [5, 5.41) is 6.21. The molecule has 0 bridgehead atoms. The summed E-state index contributed by atoms with van der Waals surface area (Å²) in [6, 6.07) is 4.48. The van der Waals surface area contributed by atoms with E-state index in [1.807, 2.05) is 5.01 Å². The van der Waals surface area contributed by atoms with Crippen molar-refractivity contribution in [3.8, 4) is 0 Å². The Morgan fingerprint density at radius 2 is 1.72 bits per heavy atom. The minimum absolute atomic E-state index is 0.0672. The van der Waals surface area contributed by atoms with Gasteiger partial charge in [-0.25, -0.2) is 8.78 Å². The molecule has 1 aromatic rings. The zero-order valence-electron chi connectivity index (χ0n) is 10.7. The Balaban J connectivity index is 2.19. The largest absolute Gasteiger partial charge is 0.292 e. The van der Waals surface area contributed by atoms with Crippen molar-refractivity contribution in [1.82, 2.24) is 5.01 Å². The molecule has 2 atom stereocenters. The first kappa shape index (κ1) is 13.0. The number of halogens is 2. The normalized spacial score (nSPS) is 24.8. The molecule has 4 heteroatoms. The third kappa shape index (κ3) is 2.68. The third-order valence-electron chi connectivity index (χ3n) is 3.47. The number of hydrogen-bond acceptors (Lipinski definition) is 2. The topological polar surface area (TPSA) is 15.6 Å². The molecule has 1 aromatic carbocycles. The van der Waals surface area contributed by atoms with Crippen LogP contribution in [-0.4, -0.2) is 23.3 Å². The zero-order valence-corrected chi connectivity index (χ0v) is 10.7. The van der Waals surface area contributed by atoms with Gasteiger partial charge in [-0.15, -0.1) is 0 Å². The van der Waals surface area contributed by atoms with E-state index in [0.717, 1.165) is 12.8 Å². The molecule has 0 spiro atoms. The van der Waals surface area contributed by atoms with Crippen molar-refractivity contribution < 1.29 is 8.78 Å². The van der Waals surface area contributed by atoms with Gasteiger partial charge in [0.05, 0.1) is 11.8 Å². The molecule has 18 heavy (non-hydrogen) atoms. The molecule has 0 aliphatic carbocycles. The van der Waals surface area contributed by atoms with Gasteiger partial charge in [-0.3, -0.25) is 5.01 Å². The van der Waals surface area contributed by atoms with Crippen molar-refractivity contribution in [3.63, 3.8) is 0 Å². The van der Waals surface area contributed by atoms with Gasteiger partial charge in [-0.2, -0.15) is 5.10 Å². The van der Waals surface area contributed by atoms with E-state index in [4.69, 9.17) is 0 Å². The molecular weight excluding hydrogens is 234 g/mol. The van der Waals surface area contributed by atoms with Gasteiger partial charge in [0, 0.05) is 12.1 Å². The molecule has 1 aliphatic heterocycles. The summed E-state index contributed by atoms with van der Waals surface area (Å²) in [6.07, 6.45) is 4.62. The smallest absolute Gasteiger partial charge is 0.134 e. The monoisotopic (exact) mass is 252 g/mol. The summed E-state index contributed by atoms with van der Waals surface area (Å²) in [5.41, 5.74) is -0.0672. The zero-order chi connectivity index (χ0) is 13.1. The molecule has 0 saturated carbocycles. The Morgan fingerprint density at radius 1 is 1.17 bits per heavy atom. The molecule has 0 amide bonds. The van der Waals surface area contributed by atoms with Crippen molar-refractivity contribution in [3.05, 3.63) is 35.4 Å². The van der Waals surface area contributed by atoms with Crippen LogP contribution in [0.25, 0.3) is 0 Å². The van der Waals surface area contributed by atoms with Crippen LogP contribution in [0.15, 0.2) is 23.3 Å². The predicted molar refractivity (Wildman–Crippen MR) is 68.6 cm³/mol. The fraction of sp³-hybridized carbons (Fsp3) is 0.500. The van der Waals surface area contributed by atoms with E-state index >= 15 is 0 Å². The van der Waals surface area contributed by atoms with E-state index < -0.39 is 11.6 Å². The Morgan fingerprint density at radius 3 is 2.28 bits per heavy atom. The lowest BCUT2D eigenvalue weighted by Crippen LogP contribution is -2.39. The van der Waals surface area contributed by atoms with Gasteiger partial charge in [-0.05, 0) is 45.2 Å². The molecule has 1 aliphatic rings. The van der Waals surface area contributed by atoms with Crippen LogP contribution in [0.1, 0.15) is 38.7 Å². The fourth-order valence-corrected chi connectivity index (χ4v) is 2.39. The van der Waals surface area contributed by atoms with Crippen molar-refractivity contribution in [2.24, 2.45) is 5.10 Å². The number of hydrogen-bond donors (Lipinski definition) is 0. The first-order valence-electron chi connectivity index (χ1n) is 6.36. The van der Waals surface area contributed by atoms with Crippen molar-refractivity contribution in [2.45, 2.75) is 45.2 Å². The van der Waals surface area contributed by atoms with Crippen molar-refractivity contribution >= 4 is 6.21 Å². The van der Waals surface area contributed by atoms with Gasteiger partial charge in [0.1, 0.15) is 11.6 Å². The molecule has 0 radical (unpaired) electrons. The van der Waals surface area contributed by atoms with Crippen LogP contribution in [0.5, 0.6) is 0 Å². The second-order valence-corrected chi connectivity index (χ2v) is 4.89. The lowest BCUT2D eigenvalue weighted by atomic mass is 10.00. The fourth-order valence-electron chi connectivity index (χ4n) is 2.39. The van der Waals surface area contributed by atoms with Crippen LogP contribution in [0.4, 0.5) is 8.78 Å². The SMILES string of the molecule is C[C@@H]1CCC[C@H](C)N1N=Cc1c(F)cccc1F.